The van der Waals surface area contributed by atoms with Crippen LogP contribution in [0.3, 0.4) is 0 Å². The molecule has 4 rings (SSSR count). The summed E-state index contributed by atoms with van der Waals surface area (Å²) in [6.07, 6.45) is 2.27. The highest BCUT2D eigenvalue weighted by Gasteiger charge is 2.18. The van der Waals surface area contributed by atoms with Crippen molar-refractivity contribution in [1.29, 1.82) is 0 Å². The molecule has 2 N–H and O–H groups in total. The van der Waals surface area contributed by atoms with E-state index in [2.05, 4.69) is 15.2 Å². The van der Waals surface area contributed by atoms with Crippen LogP contribution in [0, 0.1) is 6.92 Å². The number of thioether (sulfide) groups is 1. The topological polar surface area (TPSA) is 113 Å². The lowest BCUT2D eigenvalue weighted by Gasteiger charge is -2.08. The number of rotatable bonds is 9. The summed E-state index contributed by atoms with van der Waals surface area (Å²) in [6.45, 7) is 2.39. The van der Waals surface area contributed by atoms with E-state index in [-0.39, 0.29) is 12.3 Å². The monoisotopic (exact) mass is 429 g/mol. The molecule has 0 aromatic carbocycles. The van der Waals surface area contributed by atoms with Gasteiger partial charge in [0.25, 0.3) is 0 Å². The molecule has 8 nitrogen and oxygen atoms in total. The van der Waals surface area contributed by atoms with Crippen molar-refractivity contribution >= 4 is 29.0 Å². The van der Waals surface area contributed by atoms with E-state index in [9.17, 15) is 4.79 Å². The van der Waals surface area contributed by atoms with E-state index in [1.807, 2.05) is 41.1 Å². The Kier molecular flexibility index (Phi) is 5.81. The first-order valence-corrected chi connectivity index (χ1v) is 10.8. The second-order valence-electron chi connectivity index (χ2n) is 6.32. The Bertz CT molecular complexity index is 1080. The summed E-state index contributed by atoms with van der Waals surface area (Å²) in [7, 11) is 0. The van der Waals surface area contributed by atoms with Crippen LogP contribution < -0.4 is 5.73 Å². The van der Waals surface area contributed by atoms with Gasteiger partial charge in [0.05, 0.1) is 23.4 Å². The number of aryl methyl sites for hydroxylation is 2. The molecule has 0 spiro atoms. The van der Waals surface area contributed by atoms with E-state index in [1.54, 1.807) is 17.6 Å². The van der Waals surface area contributed by atoms with Crippen molar-refractivity contribution in [1.82, 2.24) is 19.7 Å². The largest absolute Gasteiger partial charge is 0.467 e. The van der Waals surface area contributed by atoms with Crippen LogP contribution in [0.5, 0.6) is 0 Å². The summed E-state index contributed by atoms with van der Waals surface area (Å²) in [6, 6.07) is 7.68. The number of primary amides is 1. The van der Waals surface area contributed by atoms with Gasteiger partial charge in [0, 0.05) is 18.6 Å². The second kappa shape index (κ2) is 8.66. The molecule has 0 atom stereocenters. The summed E-state index contributed by atoms with van der Waals surface area (Å²) < 4.78 is 13.2. The van der Waals surface area contributed by atoms with Gasteiger partial charge >= 0.3 is 0 Å². The average molecular weight is 430 g/mol. The van der Waals surface area contributed by atoms with E-state index >= 15 is 0 Å². The van der Waals surface area contributed by atoms with Crippen LogP contribution in [-0.4, -0.2) is 25.7 Å². The third-order valence-corrected chi connectivity index (χ3v) is 6.08. The number of carbonyl (C=O) groups is 1. The van der Waals surface area contributed by atoms with Crippen LogP contribution >= 0.6 is 23.1 Å². The average Bonchev–Trinajstić information content (AvgIpc) is 3.48. The molecule has 1 amide bonds. The SMILES string of the molecule is Cc1oc(-c2cccs2)nc1CSc1nnc(CCC(N)=O)n1Cc1ccco1. The third kappa shape index (κ3) is 4.60. The predicted octanol–water partition coefficient (Wildman–Crippen LogP) is 3.65. The van der Waals surface area contributed by atoms with Gasteiger partial charge < -0.3 is 14.6 Å². The maximum atomic E-state index is 11.2. The number of hydrogen-bond donors (Lipinski definition) is 1. The lowest BCUT2D eigenvalue weighted by molar-refractivity contribution is -0.118. The molecule has 0 aliphatic rings. The van der Waals surface area contributed by atoms with Gasteiger partial charge in [-0.3, -0.25) is 9.36 Å². The molecule has 4 aromatic heterocycles. The van der Waals surface area contributed by atoms with Gasteiger partial charge in [0.15, 0.2) is 5.16 Å². The van der Waals surface area contributed by atoms with Crippen molar-refractivity contribution in [2.24, 2.45) is 5.73 Å². The van der Waals surface area contributed by atoms with Crippen molar-refractivity contribution in [2.75, 3.05) is 0 Å². The Balaban J connectivity index is 1.53. The second-order valence-corrected chi connectivity index (χ2v) is 8.21. The standard InChI is InChI=1S/C19H19N5O3S2/c1-12-14(21-18(27-12)15-5-3-9-28-15)11-29-19-23-22-17(7-6-16(20)25)24(19)10-13-4-2-8-26-13/h2-5,8-9H,6-7,10-11H2,1H3,(H2,20,25). The summed E-state index contributed by atoms with van der Waals surface area (Å²) in [5.41, 5.74) is 6.15. The quantitative estimate of drug-likeness (QED) is 0.404. The molecule has 10 heteroatoms. The minimum Gasteiger partial charge on any atom is -0.467 e. The fraction of sp³-hybridized carbons (Fsp3) is 0.263. The predicted molar refractivity (Wildman–Crippen MR) is 109 cm³/mol. The van der Waals surface area contributed by atoms with E-state index in [4.69, 9.17) is 14.6 Å². The summed E-state index contributed by atoms with van der Waals surface area (Å²) in [4.78, 5) is 16.8. The fourth-order valence-electron chi connectivity index (χ4n) is 2.76. The van der Waals surface area contributed by atoms with Crippen molar-refractivity contribution in [3.8, 4) is 10.8 Å². The first kappa shape index (κ1) is 19.5. The number of oxazole rings is 1. The van der Waals surface area contributed by atoms with E-state index in [1.165, 1.54) is 11.8 Å². The van der Waals surface area contributed by atoms with Crippen LogP contribution in [0.1, 0.15) is 29.5 Å². The van der Waals surface area contributed by atoms with Crippen molar-refractivity contribution in [2.45, 2.75) is 37.2 Å². The summed E-state index contributed by atoms with van der Waals surface area (Å²) in [5.74, 6) is 3.11. The fourth-order valence-corrected chi connectivity index (χ4v) is 4.37. The minimum absolute atomic E-state index is 0.216. The van der Waals surface area contributed by atoms with Gasteiger partial charge in [-0.05, 0) is 30.5 Å². The molecular formula is C19H19N5O3S2. The van der Waals surface area contributed by atoms with Gasteiger partial charge in [-0.15, -0.1) is 21.5 Å². The number of amides is 1. The Morgan fingerprint density at radius 1 is 1.31 bits per heavy atom. The van der Waals surface area contributed by atoms with Crippen molar-refractivity contribution in [3.63, 3.8) is 0 Å². The van der Waals surface area contributed by atoms with Crippen LogP contribution in [0.4, 0.5) is 0 Å². The first-order valence-electron chi connectivity index (χ1n) is 8.96. The Hall–Kier alpha value is -2.85. The molecule has 0 saturated carbocycles. The van der Waals surface area contributed by atoms with Crippen LogP contribution in [0.25, 0.3) is 10.8 Å². The molecule has 0 aliphatic carbocycles. The zero-order chi connectivity index (χ0) is 20.2. The molecule has 0 radical (unpaired) electrons. The molecule has 0 unspecified atom stereocenters. The van der Waals surface area contributed by atoms with E-state index in [0.717, 1.165) is 27.2 Å². The number of furan rings is 1. The molecule has 29 heavy (non-hydrogen) atoms. The van der Waals surface area contributed by atoms with Gasteiger partial charge in [-0.25, -0.2) is 4.98 Å². The Labute approximate surface area is 175 Å². The molecule has 4 heterocycles. The van der Waals surface area contributed by atoms with Crippen molar-refractivity contribution in [3.05, 3.63) is 58.9 Å². The van der Waals surface area contributed by atoms with Gasteiger partial charge in [-0.2, -0.15) is 0 Å². The number of aromatic nitrogens is 4. The lowest BCUT2D eigenvalue weighted by Crippen LogP contribution is -2.14. The van der Waals surface area contributed by atoms with Gasteiger partial charge in [-0.1, -0.05) is 17.8 Å². The van der Waals surface area contributed by atoms with Crippen molar-refractivity contribution < 1.29 is 13.6 Å². The van der Waals surface area contributed by atoms with Gasteiger partial charge in [0.2, 0.25) is 11.8 Å². The van der Waals surface area contributed by atoms with E-state index < -0.39 is 0 Å². The minimum atomic E-state index is -0.369. The molecule has 0 fully saturated rings. The molecular weight excluding hydrogens is 410 g/mol. The molecule has 150 valence electrons. The molecule has 4 aromatic rings. The zero-order valence-electron chi connectivity index (χ0n) is 15.7. The highest BCUT2D eigenvalue weighted by atomic mass is 32.2. The van der Waals surface area contributed by atoms with Crippen LogP contribution in [0.15, 0.2) is 49.9 Å². The van der Waals surface area contributed by atoms with Crippen LogP contribution in [0.2, 0.25) is 0 Å². The number of carbonyl (C=O) groups excluding carboxylic acids is 1. The smallest absolute Gasteiger partial charge is 0.236 e. The maximum absolute atomic E-state index is 11.2. The Morgan fingerprint density at radius 3 is 2.93 bits per heavy atom. The van der Waals surface area contributed by atoms with E-state index in [0.29, 0.717) is 30.4 Å². The zero-order valence-corrected chi connectivity index (χ0v) is 17.3. The number of hydrogen-bond acceptors (Lipinski definition) is 8. The number of nitrogens with zero attached hydrogens (tertiary/aromatic N) is 4. The Morgan fingerprint density at radius 2 is 2.21 bits per heavy atom. The lowest BCUT2D eigenvalue weighted by atomic mass is 10.3. The van der Waals surface area contributed by atoms with Crippen LogP contribution in [-0.2, 0) is 23.5 Å². The maximum Gasteiger partial charge on any atom is 0.236 e. The highest BCUT2D eigenvalue weighted by molar-refractivity contribution is 7.98. The number of thiophene rings is 1. The summed E-state index contributed by atoms with van der Waals surface area (Å²) in [5, 5.41) is 11.3. The first-order chi connectivity index (χ1) is 14.1. The highest BCUT2D eigenvalue weighted by Crippen LogP contribution is 2.29. The summed E-state index contributed by atoms with van der Waals surface area (Å²) >= 11 is 3.10. The van der Waals surface area contributed by atoms with Gasteiger partial charge in [0.1, 0.15) is 17.3 Å². The molecule has 0 saturated heterocycles. The third-order valence-electron chi connectivity index (χ3n) is 4.25. The molecule has 0 aliphatic heterocycles. The normalized spacial score (nSPS) is 11.2. The number of nitrogens with two attached hydrogens (primary N) is 1. The molecule has 0 bridgehead atoms.